The van der Waals surface area contributed by atoms with Crippen LogP contribution >= 0.6 is 293 Å². The molecule has 2 aliphatic heterocycles. The van der Waals surface area contributed by atoms with E-state index in [-0.39, 0.29) is 34.5 Å². The van der Waals surface area contributed by atoms with Gasteiger partial charge in [0.15, 0.2) is 63.0 Å². The SMILES string of the molecule is C/C(=C1/CC(=S)NC(=S)N1)c1nc(=S)[nH]c(=S)[nH]1.CC(=C1NC(=S)NC(=S)N1)c1nc(=S)[nH]c(=S)[nH]1.CC(c1nc(=S)[nH]c(=S)[nH]1)c1nc(=S)[nH]c(=S)[nH]1.S=c1nc(Nc2nc(=S)[nH]c(=S)[nH]2)[nH]c(=S)[nH]1.S=c1nc(Nc2nc(=S)[nH]c(=S)[nH]2)[nH]c(=S)[nH]1.S=c1nc(Nc2nc(=S)[nH]c(=S)[nH]2)[nH]c(=S)[nH]1. The molecular weight excluding hydrogens is 1820 g/mol. The number of H-pyrrole nitrogens is 20. The molecule has 62 heteroatoms. The Bertz CT molecular complexity index is 5400. The van der Waals surface area contributed by atoms with Gasteiger partial charge in [-0.1, -0.05) is 12.2 Å². The Labute approximate surface area is 707 Å². The van der Waals surface area contributed by atoms with Crippen LogP contribution in [0.2, 0.25) is 0 Å². The van der Waals surface area contributed by atoms with Crippen LogP contribution in [0, 0.1) is 95.4 Å². The van der Waals surface area contributed by atoms with E-state index in [1.165, 1.54) is 0 Å². The zero-order valence-electron chi connectivity index (χ0n) is 51.6. The number of hydrogen-bond donors (Lipinski definition) is 28. The largest absolute Gasteiger partial charge is 0.335 e. The van der Waals surface area contributed by atoms with E-state index in [0.717, 1.165) is 16.8 Å². The lowest BCUT2D eigenvalue weighted by molar-refractivity contribution is 0.718. The van der Waals surface area contributed by atoms with Crippen molar-refractivity contribution in [3.63, 3.8) is 0 Å². The summed E-state index contributed by atoms with van der Waals surface area (Å²) in [6, 6.07) is 0. The van der Waals surface area contributed by atoms with Gasteiger partial charge in [-0.2, -0.15) is 29.9 Å². The molecule has 0 unspecified atom stereocenters. The van der Waals surface area contributed by atoms with Gasteiger partial charge in [0.25, 0.3) is 0 Å². The molecular formula is C43H40N38S24. The minimum Gasteiger partial charge on any atom is -0.335 e. The summed E-state index contributed by atoms with van der Waals surface area (Å²) in [5, 5.41) is 24.4. The third-order valence-electron chi connectivity index (χ3n) is 11.3. The van der Waals surface area contributed by atoms with E-state index in [2.05, 4.69) is 192 Å². The first-order valence-corrected chi connectivity index (χ1v) is 37.0. The minimum atomic E-state index is -0.180. The number of nitrogens with zero attached hydrogens (tertiary/aromatic N) is 10. The number of anilines is 6. The van der Waals surface area contributed by atoms with E-state index >= 15 is 0 Å². The molecule has 12 heterocycles. The minimum absolute atomic E-state index is 0.180. The summed E-state index contributed by atoms with van der Waals surface area (Å²) in [5.74, 6) is 4.89. The second-order valence-corrected chi connectivity index (χ2v) is 28.6. The maximum Gasteiger partial charge on any atom is 0.211 e. The summed E-state index contributed by atoms with van der Waals surface area (Å²) in [7, 11) is 0. The molecule has 10 aromatic rings. The summed E-state index contributed by atoms with van der Waals surface area (Å²) in [4.78, 5) is 96.4. The zero-order valence-corrected chi connectivity index (χ0v) is 71.2. The first-order valence-electron chi connectivity index (χ1n) is 27.2. The van der Waals surface area contributed by atoms with Crippen molar-refractivity contribution in [2.24, 2.45) is 0 Å². The lowest BCUT2D eigenvalue weighted by atomic mass is 10.1. The number of thiocarbonyl (C=S) groups is 4. The van der Waals surface area contributed by atoms with Crippen LogP contribution in [-0.2, 0) is 0 Å². The Balaban J connectivity index is 0.000000176. The lowest BCUT2D eigenvalue weighted by Gasteiger charge is -2.23. The van der Waals surface area contributed by atoms with Crippen molar-refractivity contribution in [1.82, 2.24) is 176 Å². The van der Waals surface area contributed by atoms with Crippen molar-refractivity contribution in [2.75, 3.05) is 16.0 Å². The van der Waals surface area contributed by atoms with Gasteiger partial charge in [0.1, 0.15) is 29.1 Å². The molecule has 12 rings (SSSR count). The predicted octanol–water partition coefficient (Wildman–Crippen LogP) is 13.6. The van der Waals surface area contributed by atoms with E-state index in [1.807, 2.05) is 20.8 Å². The second kappa shape index (κ2) is 40.1. The zero-order chi connectivity index (χ0) is 77.1. The van der Waals surface area contributed by atoms with E-state index in [4.69, 9.17) is 293 Å². The lowest BCUT2D eigenvalue weighted by Crippen LogP contribution is -2.53. The molecule has 38 nitrogen and oxygen atoms in total. The molecule has 0 aromatic carbocycles. The van der Waals surface area contributed by atoms with Crippen LogP contribution < -0.4 is 42.5 Å². The van der Waals surface area contributed by atoms with Gasteiger partial charge in [0, 0.05) is 23.3 Å². The summed E-state index contributed by atoms with van der Waals surface area (Å²) < 4.78 is 6.64. The van der Waals surface area contributed by atoms with Crippen LogP contribution in [0.5, 0.6) is 0 Å². The molecule has 546 valence electrons. The molecule has 0 amide bonds. The predicted molar refractivity (Wildman–Crippen MR) is 459 cm³/mol. The molecule has 0 radical (unpaired) electrons. The third kappa shape index (κ3) is 29.1. The van der Waals surface area contributed by atoms with E-state index in [0.29, 0.717) is 158 Å². The van der Waals surface area contributed by atoms with Crippen molar-refractivity contribution in [3.8, 4) is 0 Å². The quantitative estimate of drug-likeness (QED) is 0.0565. The maximum atomic E-state index is 5.13. The molecule has 105 heavy (non-hydrogen) atoms. The molecule has 10 aromatic heterocycles. The van der Waals surface area contributed by atoms with E-state index < -0.39 is 0 Å². The number of aromatic amines is 20. The van der Waals surface area contributed by atoms with Crippen molar-refractivity contribution in [1.29, 1.82) is 0 Å². The highest BCUT2D eigenvalue weighted by molar-refractivity contribution is 7.82. The first kappa shape index (κ1) is 85.0. The third-order valence-corrected chi connectivity index (χ3v) is 16.2. The van der Waals surface area contributed by atoms with Gasteiger partial charge in [-0.25, -0.2) is 19.9 Å². The Morgan fingerprint density at radius 2 is 0.505 bits per heavy atom. The fraction of sp³-hybridized carbons (Fsp3) is 0.116. The van der Waals surface area contributed by atoms with Crippen LogP contribution in [0.3, 0.4) is 0 Å². The number of allylic oxidation sites excluding steroid dienone is 2. The van der Waals surface area contributed by atoms with Crippen molar-refractivity contribution >= 4 is 360 Å². The highest BCUT2D eigenvalue weighted by Gasteiger charge is 2.19. The smallest absolute Gasteiger partial charge is 0.211 e. The first-order chi connectivity index (χ1) is 49.4. The van der Waals surface area contributed by atoms with Gasteiger partial charge < -0.3 is 126 Å². The monoisotopic (exact) mass is 1860 g/mol. The van der Waals surface area contributed by atoms with Gasteiger partial charge in [-0.15, -0.1) is 0 Å². The number of nitrogens with one attached hydrogen (secondary N) is 28. The van der Waals surface area contributed by atoms with E-state index in [1.54, 1.807) is 0 Å². The van der Waals surface area contributed by atoms with Gasteiger partial charge in [-0.3, -0.25) is 16.0 Å². The molecule has 2 saturated heterocycles. The Morgan fingerprint density at radius 1 is 0.267 bits per heavy atom. The second-order valence-electron chi connectivity index (χ2n) is 18.9. The van der Waals surface area contributed by atoms with Crippen molar-refractivity contribution in [3.05, 3.63) is 130 Å². The Kier molecular flexibility index (Phi) is 32.4. The fourth-order valence-corrected chi connectivity index (χ4v) is 12.8. The summed E-state index contributed by atoms with van der Waals surface area (Å²) in [5.41, 5.74) is 2.54. The molecule has 0 spiro atoms. The summed E-state index contributed by atoms with van der Waals surface area (Å²) in [6.45, 7) is 5.64. The van der Waals surface area contributed by atoms with Gasteiger partial charge >= 0.3 is 0 Å². The number of hydrogen-bond acceptors (Lipinski definition) is 37. The molecule has 0 saturated carbocycles. The van der Waals surface area contributed by atoms with Crippen LogP contribution in [-0.4, -0.2) is 170 Å². The van der Waals surface area contributed by atoms with Crippen molar-refractivity contribution < 1.29 is 0 Å². The maximum absolute atomic E-state index is 5.13. The molecule has 2 fully saturated rings. The van der Waals surface area contributed by atoms with Crippen LogP contribution in [0.15, 0.2) is 11.5 Å². The topological polar surface area (TPSA) is 541 Å². The molecule has 2 aliphatic rings. The van der Waals surface area contributed by atoms with E-state index in [9.17, 15) is 0 Å². The molecule has 0 aliphatic carbocycles. The molecule has 0 atom stereocenters. The molecule has 28 N–H and O–H groups in total. The average molecular weight is 1860 g/mol. The number of aromatic nitrogens is 30. The van der Waals surface area contributed by atoms with Gasteiger partial charge in [-0.05, 0) is 302 Å². The fourth-order valence-electron chi connectivity index (χ4n) is 7.20. The van der Waals surface area contributed by atoms with Crippen molar-refractivity contribution in [2.45, 2.75) is 33.1 Å². The standard InChI is InChI=1S/C9H9N5S4.2C8H8N6S4.3C6H5N7S4/c1-3(4-2-5(15)11-7(16)10-4)6-12-8(17)14-9(18)13-6;2*1-2(3-9-5(15)13-6(16)10-3)4-11-7(17)14-8(18)12-4;3*14-3-8-1(9-4(15)12-3)7-2-10-5(16)13-6(17)11-2/h2H2,1H3,(H2,10,11,15,16)(H2,12,13,14,17,18);1H3,(H2,9,10,13,15,16)(H3,11,12,14,17,18);2H,1H3,(H2,9,10,13,15,16)(H2,11,12,14,17,18);3*(H5,7,8,9,10,11,12,13,14,15,16,17)/b4-3+;;;;;. The van der Waals surface area contributed by atoms with Gasteiger partial charge in [0.2, 0.25) is 83.4 Å². The van der Waals surface area contributed by atoms with Gasteiger partial charge in [0.05, 0.1) is 10.9 Å². The van der Waals surface area contributed by atoms with Crippen LogP contribution in [0.25, 0.3) is 11.1 Å². The summed E-state index contributed by atoms with van der Waals surface area (Å²) >= 11 is 119. The highest BCUT2D eigenvalue weighted by atomic mass is 32.1. The van der Waals surface area contributed by atoms with Crippen LogP contribution in [0.1, 0.15) is 56.4 Å². The normalized spacial score (nSPS) is 12.4. The molecule has 0 bridgehead atoms. The Hall–Kier alpha value is -7.26. The highest BCUT2D eigenvalue weighted by Crippen LogP contribution is 2.19. The summed E-state index contributed by atoms with van der Waals surface area (Å²) in [6.07, 6.45) is 0.578. The average Bonchev–Trinajstić information content (AvgIpc) is 0.907. The Morgan fingerprint density at radius 3 is 0.762 bits per heavy atom. The number of rotatable bonds is 10. The van der Waals surface area contributed by atoms with Crippen LogP contribution in [0.4, 0.5) is 35.7 Å².